The second-order valence-corrected chi connectivity index (χ2v) is 8.40. The van der Waals surface area contributed by atoms with E-state index in [1.807, 2.05) is 24.4 Å². The van der Waals surface area contributed by atoms with Crippen LogP contribution in [0.5, 0.6) is 5.06 Å². The molecule has 2 aromatic heterocycles. The van der Waals surface area contributed by atoms with Crippen LogP contribution >= 0.6 is 22.7 Å². The van der Waals surface area contributed by atoms with Crippen LogP contribution in [0.15, 0.2) is 35.9 Å². The van der Waals surface area contributed by atoms with Gasteiger partial charge in [0.25, 0.3) is 5.91 Å². The van der Waals surface area contributed by atoms with Gasteiger partial charge >= 0.3 is 12.0 Å². The third kappa shape index (κ3) is 5.09. The number of likely N-dealkylation sites (N-methyl/N-ethyl adjacent to an activating group) is 1. The highest BCUT2D eigenvalue weighted by Crippen LogP contribution is 2.36. The van der Waals surface area contributed by atoms with Crippen molar-refractivity contribution < 1.29 is 23.9 Å². The predicted molar refractivity (Wildman–Crippen MR) is 110 cm³/mol. The van der Waals surface area contributed by atoms with Crippen LogP contribution in [0.2, 0.25) is 0 Å². The monoisotopic (exact) mass is 433 g/mol. The maximum atomic E-state index is 12.0. The largest absolute Gasteiger partial charge is 0.415 e. The SMILES string of the molecule is Cc1sccc1-c1ccc(OC(=O)CCNC(=O)NC2C(=O)C=CN(C)C2=O)s1. The number of rotatable bonds is 6. The van der Waals surface area contributed by atoms with Crippen molar-refractivity contribution in [1.82, 2.24) is 15.5 Å². The molecule has 0 spiro atoms. The lowest BCUT2D eigenvalue weighted by molar-refractivity contribution is -0.136. The summed E-state index contributed by atoms with van der Waals surface area (Å²) in [6, 6.07) is 3.69. The standard InChI is InChI=1S/C19H19N3O5S2/c1-11-12(7-10-28-11)14-3-4-16(29-14)27-15(24)5-8-20-19(26)21-17-13(23)6-9-22(2)18(17)25/h3-4,6-7,9-10,17H,5,8H2,1-2H3,(H2,20,21,26). The average Bonchev–Trinajstić information content (AvgIpc) is 3.30. The number of urea groups is 1. The van der Waals surface area contributed by atoms with E-state index >= 15 is 0 Å². The van der Waals surface area contributed by atoms with Crippen LogP contribution in [-0.2, 0) is 14.4 Å². The molecule has 10 heteroatoms. The molecule has 0 fully saturated rings. The van der Waals surface area contributed by atoms with Gasteiger partial charge in [-0.15, -0.1) is 11.3 Å². The van der Waals surface area contributed by atoms with E-state index in [9.17, 15) is 19.2 Å². The van der Waals surface area contributed by atoms with E-state index in [4.69, 9.17) is 4.74 Å². The highest BCUT2D eigenvalue weighted by Gasteiger charge is 2.31. The molecule has 1 unspecified atom stereocenters. The minimum absolute atomic E-state index is 0.00726. The molecule has 0 saturated heterocycles. The van der Waals surface area contributed by atoms with Gasteiger partial charge in [0, 0.05) is 41.2 Å². The molecule has 3 heterocycles. The molecule has 0 bridgehead atoms. The Bertz CT molecular complexity index is 978. The van der Waals surface area contributed by atoms with Crippen molar-refractivity contribution in [1.29, 1.82) is 0 Å². The Hall–Kier alpha value is -2.98. The Labute approximate surface area is 175 Å². The van der Waals surface area contributed by atoms with Crippen LogP contribution in [-0.4, -0.2) is 48.2 Å². The van der Waals surface area contributed by atoms with Crippen molar-refractivity contribution >= 4 is 46.4 Å². The Balaban J connectivity index is 1.43. The molecule has 2 N–H and O–H groups in total. The van der Waals surface area contributed by atoms with Gasteiger partial charge in [-0.2, -0.15) is 0 Å². The summed E-state index contributed by atoms with van der Waals surface area (Å²) in [7, 11) is 1.49. The average molecular weight is 434 g/mol. The summed E-state index contributed by atoms with van der Waals surface area (Å²) in [6.07, 6.45) is 2.51. The number of amides is 3. The van der Waals surface area contributed by atoms with E-state index in [2.05, 4.69) is 10.6 Å². The molecular weight excluding hydrogens is 414 g/mol. The molecule has 0 saturated carbocycles. The van der Waals surface area contributed by atoms with Gasteiger partial charge in [-0.05, 0) is 30.5 Å². The number of thiophene rings is 2. The van der Waals surface area contributed by atoms with Crippen molar-refractivity contribution in [2.45, 2.75) is 19.4 Å². The zero-order valence-corrected chi connectivity index (χ0v) is 17.4. The smallest absolute Gasteiger partial charge is 0.315 e. The Morgan fingerprint density at radius 2 is 2.03 bits per heavy atom. The summed E-state index contributed by atoms with van der Waals surface area (Å²) in [6.45, 7) is 2.04. The summed E-state index contributed by atoms with van der Waals surface area (Å²) in [5.41, 5.74) is 1.12. The normalized spacial score (nSPS) is 16.1. The number of nitrogens with one attached hydrogen (secondary N) is 2. The van der Waals surface area contributed by atoms with Gasteiger partial charge in [0.2, 0.25) is 0 Å². The molecular formula is C19H19N3O5S2. The number of aryl methyl sites for hydroxylation is 1. The number of esters is 1. The molecule has 1 atom stereocenters. The quantitative estimate of drug-likeness (QED) is 0.537. The van der Waals surface area contributed by atoms with Gasteiger partial charge < -0.3 is 20.3 Å². The van der Waals surface area contributed by atoms with Crippen molar-refractivity contribution in [2.75, 3.05) is 13.6 Å². The fraction of sp³-hybridized carbons (Fsp3) is 0.263. The van der Waals surface area contributed by atoms with E-state index < -0.39 is 29.7 Å². The van der Waals surface area contributed by atoms with Crippen LogP contribution in [0.3, 0.4) is 0 Å². The first-order valence-electron chi connectivity index (χ1n) is 8.73. The number of nitrogens with zero attached hydrogens (tertiary/aromatic N) is 1. The Morgan fingerprint density at radius 3 is 2.76 bits per heavy atom. The maximum absolute atomic E-state index is 12.0. The second kappa shape index (κ2) is 9.01. The third-order valence-corrected chi connectivity index (χ3v) is 5.99. The van der Waals surface area contributed by atoms with Crippen molar-refractivity contribution in [3.8, 4) is 15.5 Å². The minimum Gasteiger partial charge on any atom is -0.415 e. The first kappa shape index (κ1) is 20.7. The lowest BCUT2D eigenvalue weighted by atomic mass is 10.1. The maximum Gasteiger partial charge on any atom is 0.315 e. The summed E-state index contributed by atoms with van der Waals surface area (Å²) in [4.78, 5) is 50.9. The highest BCUT2D eigenvalue weighted by molar-refractivity contribution is 7.18. The fourth-order valence-electron chi connectivity index (χ4n) is 2.60. The zero-order valence-electron chi connectivity index (χ0n) is 15.8. The number of hydrogen-bond acceptors (Lipinski definition) is 7. The number of ketones is 1. The van der Waals surface area contributed by atoms with E-state index in [1.54, 1.807) is 17.4 Å². The van der Waals surface area contributed by atoms with E-state index in [1.165, 1.54) is 40.4 Å². The van der Waals surface area contributed by atoms with Crippen molar-refractivity contribution in [2.24, 2.45) is 0 Å². The lowest BCUT2D eigenvalue weighted by Crippen LogP contribution is -2.54. The van der Waals surface area contributed by atoms with E-state index in [-0.39, 0.29) is 13.0 Å². The van der Waals surface area contributed by atoms with Gasteiger partial charge in [0.1, 0.15) is 0 Å². The van der Waals surface area contributed by atoms with Crippen LogP contribution in [0.25, 0.3) is 10.4 Å². The summed E-state index contributed by atoms with van der Waals surface area (Å²) in [5, 5.41) is 7.24. The molecule has 3 rings (SSSR count). The van der Waals surface area contributed by atoms with Gasteiger partial charge in [-0.3, -0.25) is 14.4 Å². The molecule has 1 aliphatic rings. The van der Waals surface area contributed by atoms with E-state index in [0.717, 1.165) is 10.4 Å². The number of carbonyl (C=O) groups excluding carboxylic acids is 4. The number of carbonyl (C=O) groups is 4. The predicted octanol–water partition coefficient (Wildman–Crippen LogP) is 2.30. The molecule has 152 valence electrons. The van der Waals surface area contributed by atoms with E-state index in [0.29, 0.717) is 5.06 Å². The lowest BCUT2D eigenvalue weighted by Gasteiger charge is -2.23. The van der Waals surface area contributed by atoms with Crippen LogP contribution in [0.1, 0.15) is 11.3 Å². The Kier molecular flexibility index (Phi) is 6.45. The first-order chi connectivity index (χ1) is 13.8. The Morgan fingerprint density at radius 1 is 1.24 bits per heavy atom. The number of ether oxygens (including phenoxy) is 1. The van der Waals surface area contributed by atoms with Crippen molar-refractivity contribution in [3.05, 3.63) is 40.7 Å². The topological polar surface area (TPSA) is 105 Å². The molecule has 8 nitrogen and oxygen atoms in total. The number of hydrogen-bond donors (Lipinski definition) is 2. The first-order valence-corrected chi connectivity index (χ1v) is 10.4. The molecule has 29 heavy (non-hydrogen) atoms. The van der Waals surface area contributed by atoms with Gasteiger partial charge in [-0.25, -0.2) is 4.79 Å². The molecule has 3 amide bonds. The van der Waals surface area contributed by atoms with Crippen LogP contribution in [0.4, 0.5) is 4.79 Å². The second-order valence-electron chi connectivity index (χ2n) is 6.23. The molecule has 1 aliphatic heterocycles. The summed E-state index contributed by atoms with van der Waals surface area (Å²) < 4.78 is 5.30. The zero-order chi connectivity index (χ0) is 21.0. The fourth-order valence-corrected chi connectivity index (χ4v) is 4.33. The van der Waals surface area contributed by atoms with Gasteiger partial charge in [-0.1, -0.05) is 11.3 Å². The van der Waals surface area contributed by atoms with Crippen LogP contribution < -0.4 is 15.4 Å². The van der Waals surface area contributed by atoms with Gasteiger partial charge in [0.15, 0.2) is 16.9 Å². The minimum atomic E-state index is -1.26. The molecule has 0 aromatic carbocycles. The summed E-state index contributed by atoms with van der Waals surface area (Å²) >= 11 is 3.03. The van der Waals surface area contributed by atoms with Gasteiger partial charge in [0.05, 0.1) is 6.42 Å². The van der Waals surface area contributed by atoms with Crippen molar-refractivity contribution in [3.63, 3.8) is 0 Å². The third-order valence-electron chi connectivity index (χ3n) is 4.15. The summed E-state index contributed by atoms with van der Waals surface area (Å²) in [5.74, 6) is -1.52. The molecule has 2 aromatic rings. The van der Waals surface area contributed by atoms with Crippen LogP contribution in [0, 0.1) is 6.92 Å². The molecule has 0 radical (unpaired) electrons. The highest BCUT2D eigenvalue weighted by atomic mass is 32.1. The molecule has 0 aliphatic carbocycles.